The molecule has 0 amide bonds. The molecule has 1 heteroatoms. The van der Waals surface area contributed by atoms with E-state index >= 15 is 0 Å². The lowest BCUT2D eigenvalue weighted by molar-refractivity contribution is -0.111. The third-order valence-electron chi connectivity index (χ3n) is 11.1. The Bertz CT molecular complexity index is 632. The normalized spacial score (nSPS) is 12.3. The summed E-state index contributed by atoms with van der Waals surface area (Å²) in [5.41, 5.74) is 0. The second-order valence-electron chi connectivity index (χ2n) is 16.2. The van der Waals surface area contributed by atoms with Crippen LogP contribution >= 0.6 is 0 Å². The van der Waals surface area contributed by atoms with Crippen molar-refractivity contribution in [3.05, 3.63) is 0 Å². The molecule has 0 radical (unpaired) electrons. The Balaban J connectivity index is 0. The van der Waals surface area contributed by atoms with Crippen LogP contribution in [0.1, 0.15) is 285 Å². The van der Waals surface area contributed by atoms with E-state index in [1.807, 2.05) is 0 Å². The predicted octanol–water partition coefficient (Wildman–Crippen LogP) is 17.7. The third-order valence-corrected chi connectivity index (χ3v) is 11.1. The summed E-state index contributed by atoms with van der Waals surface area (Å²) in [7, 11) is 0. The molecule has 0 bridgehead atoms. The van der Waals surface area contributed by atoms with Crippen LogP contribution in [0.2, 0.25) is 0 Å². The van der Waals surface area contributed by atoms with E-state index in [1.165, 1.54) is 250 Å². The number of carbonyl (C=O) groups is 1. The molecule has 0 fully saturated rings. The molecule has 0 saturated carbocycles. The van der Waals surface area contributed by atoms with E-state index in [9.17, 15) is 4.79 Å². The SMILES string of the molecule is C#CC(CCCCCCCCCC)CCCCCCCCCCCC.CCCCCCCCCCCCC(C=O)CCCCCCCCCC. The van der Waals surface area contributed by atoms with Crippen LogP contribution in [0.5, 0.6) is 0 Å². The minimum Gasteiger partial charge on any atom is -0.303 e. The van der Waals surface area contributed by atoms with Crippen molar-refractivity contribution < 1.29 is 4.79 Å². The van der Waals surface area contributed by atoms with Crippen molar-refractivity contribution in [2.45, 2.75) is 285 Å². The van der Waals surface area contributed by atoms with Crippen molar-refractivity contribution in [3.63, 3.8) is 0 Å². The summed E-state index contributed by atoms with van der Waals surface area (Å²) in [5, 5.41) is 0. The van der Waals surface area contributed by atoms with Crippen molar-refractivity contribution in [1.29, 1.82) is 0 Å². The summed E-state index contributed by atoms with van der Waals surface area (Å²) in [5.74, 6) is 3.94. The maximum Gasteiger partial charge on any atom is 0.123 e. The Morgan fingerprint density at radius 3 is 0.740 bits per heavy atom. The summed E-state index contributed by atoms with van der Waals surface area (Å²) in [4.78, 5) is 11.2. The molecule has 1 nitrogen and oxygen atoms in total. The van der Waals surface area contributed by atoms with E-state index in [4.69, 9.17) is 6.42 Å². The van der Waals surface area contributed by atoms with E-state index in [-0.39, 0.29) is 0 Å². The third kappa shape index (κ3) is 45.3. The zero-order valence-electron chi connectivity index (χ0n) is 35.5. The minimum atomic E-state index is 0.342. The highest BCUT2D eigenvalue weighted by Gasteiger charge is 2.07. The maximum atomic E-state index is 11.2. The average molecular weight is 701 g/mol. The van der Waals surface area contributed by atoms with Gasteiger partial charge in [0.05, 0.1) is 0 Å². The molecular weight excluding hydrogens is 605 g/mol. The van der Waals surface area contributed by atoms with Gasteiger partial charge in [-0.15, -0.1) is 12.3 Å². The van der Waals surface area contributed by atoms with Crippen LogP contribution in [-0.2, 0) is 4.79 Å². The first-order chi connectivity index (χ1) is 24.7. The van der Waals surface area contributed by atoms with Gasteiger partial charge in [-0.1, -0.05) is 259 Å². The molecule has 0 heterocycles. The fourth-order valence-electron chi connectivity index (χ4n) is 7.43. The molecule has 0 aliphatic heterocycles. The number of aldehydes is 1. The first-order valence-electron chi connectivity index (χ1n) is 23.6. The molecule has 0 aromatic rings. The standard InChI is InChI=1S/C25H48.C24H48O/c1-4-7-9-11-13-15-16-18-20-22-24-25(6-3)23-21-19-17-14-12-10-8-5-2;1-3-5-7-9-11-13-14-16-18-20-22-24(23-25)21-19-17-15-12-10-8-6-4-2/h3,25H,4-5,7-24H2,1-2H3;23-24H,3-22H2,1-2H3. The quantitative estimate of drug-likeness (QED) is 0.0352. The minimum absolute atomic E-state index is 0.342. The molecule has 0 saturated heterocycles. The van der Waals surface area contributed by atoms with E-state index in [2.05, 4.69) is 33.6 Å². The van der Waals surface area contributed by atoms with Gasteiger partial charge in [0.25, 0.3) is 0 Å². The molecule has 0 rings (SSSR count). The van der Waals surface area contributed by atoms with Gasteiger partial charge in [-0.25, -0.2) is 0 Å². The molecule has 2 atom stereocenters. The van der Waals surface area contributed by atoms with Gasteiger partial charge in [0, 0.05) is 11.8 Å². The van der Waals surface area contributed by atoms with Crippen LogP contribution in [0.25, 0.3) is 0 Å². The average Bonchev–Trinajstić information content (AvgIpc) is 3.13. The second-order valence-corrected chi connectivity index (χ2v) is 16.2. The lowest BCUT2D eigenvalue weighted by atomic mass is 9.95. The van der Waals surface area contributed by atoms with Crippen LogP contribution in [0, 0.1) is 24.2 Å². The largest absolute Gasteiger partial charge is 0.303 e. The first kappa shape index (κ1) is 51.3. The fourth-order valence-corrected chi connectivity index (χ4v) is 7.43. The van der Waals surface area contributed by atoms with Crippen LogP contribution in [-0.4, -0.2) is 6.29 Å². The first-order valence-corrected chi connectivity index (χ1v) is 23.6. The lowest BCUT2D eigenvalue weighted by Gasteiger charge is -2.10. The van der Waals surface area contributed by atoms with Gasteiger partial charge in [-0.05, 0) is 25.7 Å². The molecule has 0 N–H and O–H groups in total. The van der Waals surface area contributed by atoms with E-state index in [0.29, 0.717) is 11.8 Å². The molecule has 298 valence electrons. The zero-order chi connectivity index (χ0) is 36.9. The molecule has 0 aromatic carbocycles. The molecule has 0 spiro atoms. The Morgan fingerprint density at radius 1 is 0.340 bits per heavy atom. The molecular formula is C49H96O. The van der Waals surface area contributed by atoms with Crippen LogP contribution in [0.4, 0.5) is 0 Å². The summed E-state index contributed by atoms with van der Waals surface area (Å²) in [6.45, 7) is 9.13. The fraction of sp³-hybridized carbons (Fsp3) is 0.939. The zero-order valence-corrected chi connectivity index (χ0v) is 35.5. The van der Waals surface area contributed by atoms with Crippen molar-refractivity contribution in [2.24, 2.45) is 11.8 Å². The smallest absolute Gasteiger partial charge is 0.123 e. The summed E-state index contributed by atoms with van der Waals surface area (Å²) in [6.07, 6.45) is 61.9. The molecule has 2 unspecified atom stereocenters. The number of unbranched alkanes of at least 4 members (excludes halogenated alkanes) is 32. The molecule has 0 aliphatic carbocycles. The second kappa shape index (κ2) is 48.2. The van der Waals surface area contributed by atoms with Gasteiger partial charge in [-0.2, -0.15) is 0 Å². The number of hydrogen-bond donors (Lipinski definition) is 0. The highest BCUT2D eigenvalue weighted by atomic mass is 16.1. The van der Waals surface area contributed by atoms with Crippen molar-refractivity contribution in [3.8, 4) is 12.3 Å². The molecule has 50 heavy (non-hydrogen) atoms. The maximum absolute atomic E-state index is 11.2. The Morgan fingerprint density at radius 2 is 0.540 bits per heavy atom. The molecule has 0 aromatic heterocycles. The summed E-state index contributed by atoms with van der Waals surface area (Å²) >= 11 is 0. The van der Waals surface area contributed by atoms with E-state index < -0.39 is 0 Å². The monoisotopic (exact) mass is 701 g/mol. The summed E-state index contributed by atoms with van der Waals surface area (Å²) in [6, 6.07) is 0. The summed E-state index contributed by atoms with van der Waals surface area (Å²) < 4.78 is 0. The van der Waals surface area contributed by atoms with Crippen LogP contribution < -0.4 is 0 Å². The van der Waals surface area contributed by atoms with Gasteiger partial charge in [0.15, 0.2) is 0 Å². The van der Waals surface area contributed by atoms with Gasteiger partial charge < -0.3 is 4.79 Å². The highest BCUT2D eigenvalue weighted by Crippen LogP contribution is 2.20. The lowest BCUT2D eigenvalue weighted by Crippen LogP contribution is -2.02. The highest BCUT2D eigenvalue weighted by molar-refractivity contribution is 5.53. The Labute approximate surface area is 318 Å². The van der Waals surface area contributed by atoms with Crippen molar-refractivity contribution in [2.75, 3.05) is 0 Å². The van der Waals surface area contributed by atoms with Crippen LogP contribution in [0.15, 0.2) is 0 Å². The predicted molar refractivity (Wildman–Crippen MR) is 229 cm³/mol. The number of carbonyl (C=O) groups excluding carboxylic acids is 1. The van der Waals surface area contributed by atoms with Gasteiger partial charge in [0.2, 0.25) is 0 Å². The van der Waals surface area contributed by atoms with Crippen molar-refractivity contribution in [1.82, 2.24) is 0 Å². The van der Waals surface area contributed by atoms with E-state index in [0.717, 1.165) is 12.8 Å². The Hall–Kier alpha value is -0.770. The van der Waals surface area contributed by atoms with Gasteiger partial charge in [-0.3, -0.25) is 0 Å². The molecule has 0 aliphatic rings. The topological polar surface area (TPSA) is 17.1 Å². The van der Waals surface area contributed by atoms with Gasteiger partial charge in [0.1, 0.15) is 6.29 Å². The number of rotatable bonds is 41. The van der Waals surface area contributed by atoms with Crippen LogP contribution in [0.3, 0.4) is 0 Å². The number of terminal acetylenes is 1. The number of hydrogen-bond acceptors (Lipinski definition) is 1. The van der Waals surface area contributed by atoms with Gasteiger partial charge >= 0.3 is 0 Å². The van der Waals surface area contributed by atoms with Crippen molar-refractivity contribution >= 4 is 6.29 Å². The van der Waals surface area contributed by atoms with E-state index in [1.54, 1.807) is 0 Å². The Kier molecular flexibility index (Phi) is 49.5.